The van der Waals surface area contributed by atoms with Crippen LogP contribution in [-0.4, -0.2) is 31.6 Å². The molecule has 0 atom stereocenters. The van der Waals surface area contributed by atoms with E-state index in [1.54, 1.807) is 19.2 Å². The lowest BCUT2D eigenvalue weighted by atomic mass is 10.2. The van der Waals surface area contributed by atoms with Crippen molar-refractivity contribution in [2.45, 2.75) is 31.5 Å². The number of pyridine rings is 1. The van der Waals surface area contributed by atoms with Gasteiger partial charge < -0.3 is 14.0 Å². The molecule has 1 aliphatic rings. The maximum absolute atomic E-state index is 13.4. The molecule has 0 amide bonds. The van der Waals surface area contributed by atoms with E-state index in [0.29, 0.717) is 23.5 Å². The van der Waals surface area contributed by atoms with Crippen molar-refractivity contribution in [3.8, 4) is 28.9 Å². The second kappa shape index (κ2) is 9.44. The van der Waals surface area contributed by atoms with Crippen LogP contribution in [0.5, 0.6) is 17.4 Å². The van der Waals surface area contributed by atoms with Gasteiger partial charge in [0, 0.05) is 5.92 Å². The Bertz CT molecular complexity index is 1600. The van der Waals surface area contributed by atoms with E-state index in [2.05, 4.69) is 15.0 Å². The van der Waals surface area contributed by atoms with Crippen LogP contribution < -0.4 is 9.47 Å². The van der Waals surface area contributed by atoms with Crippen molar-refractivity contribution in [2.24, 2.45) is 0 Å². The molecule has 5 aromatic rings. The van der Waals surface area contributed by atoms with Crippen molar-refractivity contribution < 1.29 is 22.6 Å². The Morgan fingerprint density at radius 3 is 2.29 bits per heavy atom. The minimum Gasteiger partial charge on any atom is -0.497 e. The molecule has 3 aromatic heterocycles. The third kappa shape index (κ3) is 4.77. The van der Waals surface area contributed by atoms with Gasteiger partial charge >= 0.3 is 6.18 Å². The molecule has 0 unspecified atom stereocenters. The summed E-state index contributed by atoms with van der Waals surface area (Å²) in [5.74, 6) is 2.55. The van der Waals surface area contributed by atoms with E-state index in [0.717, 1.165) is 36.0 Å². The van der Waals surface area contributed by atoms with E-state index in [1.165, 1.54) is 12.1 Å². The number of methoxy groups -OCH3 is 1. The molecule has 0 aliphatic heterocycles. The number of ether oxygens (including phenoxy) is 2. The molecule has 10 heteroatoms. The normalized spacial score (nSPS) is 13.6. The first-order chi connectivity index (χ1) is 18.4. The SMILES string of the molecule is COc1ccc(Cn2c(C3CC3)nc3c(Oc4ccccc4)nc(-c4cccc(C(F)(F)F)n4)nc32)cc1. The van der Waals surface area contributed by atoms with Gasteiger partial charge in [0.25, 0.3) is 5.88 Å². The van der Waals surface area contributed by atoms with Crippen molar-refractivity contribution in [1.29, 1.82) is 0 Å². The molecule has 0 spiro atoms. The van der Waals surface area contributed by atoms with Crippen LogP contribution in [0, 0.1) is 0 Å². The highest BCUT2D eigenvalue weighted by atomic mass is 19.4. The summed E-state index contributed by atoms with van der Waals surface area (Å²) < 4.78 is 53.6. The number of alkyl halides is 3. The largest absolute Gasteiger partial charge is 0.497 e. The Labute approximate surface area is 215 Å². The first-order valence-corrected chi connectivity index (χ1v) is 12.1. The topological polar surface area (TPSA) is 75.0 Å². The molecule has 1 fully saturated rings. The highest BCUT2D eigenvalue weighted by Crippen LogP contribution is 2.42. The number of nitrogens with zero attached hydrogens (tertiary/aromatic N) is 5. The standard InChI is InChI=1S/C28H22F3N5O2/c1-37-19-14-10-17(11-15-19)16-36-25(18-12-13-18)33-23-26(36)34-24(21-8-5-9-22(32-21)28(29,30)31)35-27(23)38-20-6-3-2-4-7-20/h2-11,14-15,18H,12-13,16H2,1H3. The maximum Gasteiger partial charge on any atom is 0.433 e. The summed E-state index contributed by atoms with van der Waals surface area (Å²) in [4.78, 5) is 17.9. The minimum absolute atomic E-state index is 0.00944. The Hall–Kier alpha value is -4.47. The van der Waals surface area contributed by atoms with E-state index >= 15 is 0 Å². The van der Waals surface area contributed by atoms with E-state index in [1.807, 2.05) is 47.0 Å². The number of hydrogen-bond acceptors (Lipinski definition) is 6. The average molecular weight is 518 g/mol. The molecule has 0 saturated heterocycles. The van der Waals surface area contributed by atoms with Crippen molar-refractivity contribution in [3.05, 3.63) is 89.9 Å². The Morgan fingerprint density at radius 2 is 1.61 bits per heavy atom. The lowest BCUT2D eigenvalue weighted by Gasteiger charge is -2.11. The van der Waals surface area contributed by atoms with Gasteiger partial charge in [0.1, 0.15) is 28.7 Å². The van der Waals surface area contributed by atoms with Crippen LogP contribution in [0.15, 0.2) is 72.8 Å². The molecule has 1 saturated carbocycles. The molecule has 192 valence electrons. The van der Waals surface area contributed by atoms with Gasteiger partial charge in [0.2, 0.25) is 0 Å². The molecule has 1 aliphatic carbocycles. The predicted molar refractivity (Wildman–Crippen MR) is 134 cm³/mol. The third-order valence-electron chi connectivity index (χ3n) is 6.26. The van der Waals surface area contributed by atoms with Crippen LogP contribution in [-0.2, 0) is 12.7 Å². The predicted octanol–water partition coefficient (Wildman–Crippen LogP) is 6.63. The van der Waals surface area contributed by atoms with E-state index < -0.39 is 11.9 Å². The fourth-order valence-electron chi connectivity index (χ4n) is 4.22. The number of para-hydroxylation sites is 1. The molecule has 6 rings (SSSR count). The Kier molecular flexibility index (Phi) is 5.94. The van der Waals surface area contributed by atoms with Crippen LogP contribution in [0.4, 0.5) is 13.2 Å². The van der Waals surface area contributed by atoms with Gasteiger partial charge in [0.05, 0.1) is 13.7 Å². The lowest BCUT2D eigenvalue weighted by Crippen LogP contribution is -2.09. The summed E-state index contributed by atoms with van der Waals surface area (Å²) in [6.45, 7) is 0.462. The fraction of sp³-hybridized carbons (Fsp3) is 0.214. The van der Waals surface area contributed by atoms with E-state index in [4.69, 9.17) is 14.5 Å². The molecule has 0 bridgehead atoms. The van der Waals surface area contributed by atoms with Gasteiger partial charge in [-0.15, -0.1) is 0 Å². The van der Waals surface area contributed by atoms with Gasteiger partial charge in [-0.2, -0.15) is 18.2 Å². The molecular weight excluding hydrogens is 495 g/mol. The van der Waals surface area contributed by atoms with Gasteiger partial charge in [-0.1, -0.05) is 36.4 Å². The van der Waals surface area contributed by atoms with Gasteiger partial charge in [-0.25, -0.2) is 15.0 Å². The zero-order valence-corrected chi connectivity index (χ0v) is 20.3. The number of benzene rings is 2. The first kappa shape index (κ1) is 23.9. The van der Waals surface area contributed by atoms with Crippen LogP contribution >= 0.6 is 0 Å². The first-order valence-electron chi connectivity index (χ1n) is 12.1. The smallest absolute Gasteiger partial charge is 0.433 e. The second-order valence-corrected chi connectivity index (χ2v) is 9.02. The summed E-state index contributed by atoms with van der Waals surface area (Å²) in [6.07, 6.45) is -2.61. The van der Waals surface area contributed by atoms with Gasteiger partial charge in [0.15, 0.2) is 17.0 Å². The van der Waals surface area contributed by atoms with Crippen LogP contribution in [0.2, 0.25) is 0 Å². The number of imidazole rings is 1. The molecule has 2 aromatic carbocycles. The van der Waals surface area contributed by atoms with Crippen molar-refractivity contribution >= 4 is 11.2 Å². The van der Waals surface area contributed by atoms with E-state index in [9.17, 15) is 13.2 Å². The molecule has 7 nitrogen and oxygen atoms in total. The second-order valence-electron chi connectivity index (χ2n) is 9.02. The average Bonchev–Trinajstić information content (AvgIpc) is 3.71. The van der Waals surface area contributed by atoms with Gasteiger partial charge in [-0.05, 0) is 54.8 Å². The van der Waals surface area contributed by atoms with Crippen LogP contribution in [0.3, 0.4) is 0 Å². The highest BCUT2D eigenvalue weighted by molar-refractivity contribution is 5.80. The third-order valence-corrected chi connectivity index (χ3v) is 6.26. The zero-order chi connectivity index (χ0) is 26.3. The summed E-state index contributed by atoms with van der Waals surface area (Å²) in [5, 5.41) is 0. The molecule has 0 N–H and O–H groups in total. The summed E-state index contributed by atoms with van der Waals surface area (Å²) in [7, 11) is 1.61. The van der Waals surface area contributed by atoms with Crippen LogP contribution in [0.1, 0.15) is 35.8 Å². The van der Waals surface area contributed by atoms with Crippen molar-refractivity contribution in [1.82, 2.24) is 24.5 Å². The zero-order valence-electron chi connectivity index (χ0n) is 20.3. The summed E-state index contributed by atoms with van der Waals surface area (Å²) >= 11 is 0. The number of aromatic nitrogens is 5. The van der Waals surface area contributed by atoms with Gasteiger partial charge in [-0.3, -0.25) is 0 Å². The molecule has 3 heterocycles. The summed E-state index contributed by atoms with van der Waals surface area (Å²) in [6, 6.07) is 20.4. The maximum atomic E-state index is 13.4. The number of halogens is 3. The quantitative estimate of drug-likeness (QED) is 0.241. The van der Waals surface area contributed by atoms with Crippen molar-refractivity contribution in [3.63, 3.8) is 0 Å². The summed E-state index contributed by atoms with van der Waals surface area (Å²) in [5.41, 5.74) is 0.882. The molecule has 38 heavy (non-hydrogen) atoms. The highest BCUT2D eigenvalue weighted by Gasteiger charge is 2.34. The Balaban J connectivity index is 1.53. The minimum atomic E-state index is -4.60. The lowest BCUT2D eigenvalue weighted by molar-refractivity contribution is -0.141. The number of fused-ring (bicyclic) bond motifs is 1. The van der Waals surface area contributed by atoms with Crippen molar-refractivity contribution in [2.75, 3.05) is 7.11 Å². The Morgan fingerprint density at radius 1 is 0.842 bits per heavy atom. The van der Waals surface area contributed by atoms with E-state index in [-0.39, 0.29) is 23.3 Å². The number of rotatable bonds is 7. The molecular formula is C28H22F3N5O2. The van der Waals surface area contributed by atoms with Crippen LogP contribution in [0.25, 0.3) is 22.7 Å². The fourth-order valence-corrected chi connectivity index (χ4v) is 4.22. The monoisotopic (exact) mass is 517 g/mol. The molecule has 0 radical (unpaired) electrons. The number of hydrogen-bond donors (Lipinski definition) is 0.